The molecule has 116 valence electrons. The molecule has 1 fully saturated rings. The van der Waals surface area contributed by atoms with Crippen LogP contribution in [0.2, 0.25) is 0 Å². The number of carbonyl (C=O) groups excluding carboxylic acids is 1. The number of nitrogens with one attached hydrogen (secondary N) is 1. The third kappa shape index (κ3) is 4.67. The summed E-state index contributed by atoms with van der Waals surface area (Å²) in [5.74, 6) is -1.07. The van der Waals surface area contributed by atoms with Gasteiger partial charge in [-0.15, -0.1) is 0 Å². The maximum Gasteiger partial charge on any atom is 0.317 e. The molecule has 0 aliphatic heterocycles. The zero-order chi connectivity index (χ0) is 15.3. The van der Waals surface area contributed by atoms with Gasteiger partial charge >= 0.3 is 12.0 Å². The number of aliphatic carboxylic acids is 1. The van der Waals surface area contributed by atoms with Gasteiger partial charge in [-0.25, -0.2) is 4.79 Å². The molecular formula is C14H27N3O3. The van der Waals surface area contributed by atoms with Gasteiger partial charge in [-0.3, -0.25) is 4.79 Å². The molecule has 0 heterocycles. The molecule has 0 radical (unpaired) electrons. The van der Waals surface area contributed by atoms with Gasteiger partial charge in [-0.05, 0) is 47.2 Å². The minimum atomic E-state index is -0.755. The molecule has 0 bridgehead atoms. The fraction of sp³-hybridized carbons (Fsp3) is 0.857. The number of urea groups is 1. The fourth-order valence-corrected chi connectivity index (χ4v) is 2.88. The van der Waals surface area contributed by atoms with E-state index in [-0.39, 0.29) is 24.0 Å². The zero-order valence-corrected chi connectivity index (χ0v) is 12.9. The highest BCUT2D eigenvalue weighted by Crippen LogP contribution is 2.25. The molecule has 1 rings (SSSR count). The topological polar surface area (TPSA) is 72.9 Å². The van der Waals surface area contributed by atoms with Crippen LogP contribution < -0.4 is 5.32 Å². The van der Waals surface area contributed by atoms with E-state index in [1.165, 1.54) is 0 Å². The molecule has 3 atom stereocenters. The van der Waals surface area contributed by atoms with E-state index in [1.54, 1.807) is 4.90 Å². The number of hydrogen-bond acceptors (Lipinski definition) is 3. The minimum absolute atomic E-state index is 0.00999. The molecule has 2 N–H and O–H groups in total. The number of likely N-dealkylation sites (N-methyl/N-ethyl adjacent to an activating group) is 2. The number of carboxylic acid groups (broad SMARTS) is 1. The molecule has 0 aromatic heterocycles. The SMILES string of the molecule is CCN(C(=O)N[C@H]1CC[C@@H](C(=O)O)C1)C(C)CN(C)C. The number of rotatable bonds is 6. The highest BCUT2D eigenvalue weighted by molar-refractivity contribution is 5.75. The van der Waals surface area contributed by atoms with E-state index in [4.69, 9.17) is 5.11 Å². The van der Waals surface area contributed by atoms with Crippen LogP contribution in [-0.2, 0) is 4.79 Å². The maximum absolute atomic E-state index is 12.3. The van der Waals surface area contributed by atoms with Crippen molar-refractivity contribution in [3.05, 3.63) is 0 Å². The molecule has 20 heavy (non-hydrogen) atoms. The Morgan fingerprint density at radius 2 is 2.00 bits per heavy atom. The molecule has 0 aromatic carbocycles. The summed E-state index contributed by atoms with van der Waals surface area (Å²) in [7, 11) is 3.97. The van der Waals surface area contributed by atoms with Gasteiger partial charge in [0, 0.05) is 25.2 Å². The van der Waals surface area contributed by atoms with E-state index < -0.39 is 5.97 Å². The second kappa shape index (κ2) is 7.47. The summed E-state index contributed by atoms with van der Waals surface area (Å²) in [4.78, 5) is 27.1. The monoisotopic (exact) mass is 285 g/mol. The maximum atomic E-state index is 12.3. The summed E-state index contributed by atoms with van der Waals surface area (Å²) in [6, 6.07) is 0.0359. The summed E-state index contributed by atoms with van der Waals surface area (Å²) < 4.78 is 0. The van der Waals surface area contributed by atoms with E-state index in [1.807, 2.05) is 27.9 Å². The van der Waals surface area contributed by atoms with Gasteiger partial charge in [-0.2, -0.15) is 0 Å². The summed E-state index contributed by atoms with van der Waals surface area (Å²) in [6.45, 7) is 5.44. The molecule has 6 nitrogen and oxygen atoms in total. The van der Waals surface area contributed by atoms with Crippen LogP contribution in [0.3, 0.4) is 0 Å². The summed E-state index contributed by atoms with van der Waals surface area (Å²) in [5.41, 5.74) is 0. The van der Waals surface area contributed by atoms with E-state index in [0.717, 1.165) is 13.0 Å². The lowest BCUT2D eigenvalue weighted by Crippen LogP contribution is -2.50. The number of hydrogen-bond donors (Lipinski definition) is 2. The molecule has 6 heteroatoms. The standard InChI is InChI=1S/C14H27N3O3/c1-5-17(10(2)9-16(3)4)14(20)15-12-7-6-11(8-12)13(18)19/h10-12H,5-9H2,1-4H3,(H,15,20)(H,18,19)/t10?,11-,12+/m1/s1. The van der Waals surface area contributed by atoms with Gasteiger partial charge in [0.25, 0.3) is 0 Å². The predicted molar refractivity (Wildman–Crippen MR) is 77.7 cm³/mol. The summed E-state index contributed by atoms with van der Waals surface area (Å²) >= 11 is 0. The largest absolute Gasteiger partial charge is 0.481 e. The minimum Gasteiger partial charge on any atom is -0.481 e. The highest BCUT2D eigenvalue weighted by Gasteiger charge is 2.31. The smallest absolute Gasteiger partial charge is 0.317 e. The average molecular weight is 285 g/mol. The van der Waals surface area contributed by atoms with Crippen molar-refractivity contribution in [2.24, 2.45) is 5.92 Å². The number of carboxylic acids is 1. The van der Waals surface area contributed by atoms with Crippen molar-refractivity contribution in [2.45, 2.75) is 45.2 Å². The third-order valence-corrected chi connectivity index (χ3v) is 3.87. The molecule has 1 aliphatic rings. The first-order chi connectivity index (χ1) is 9.35. The third-order valence-electron chi connectivity index (χ3n) is 3.87. The first kappa shape index (κ1) is 16.8. The van der Waals surface area contributed by atoms with Crippen molar-refractivity contribution in [3.63, 3.8) is 0 Å². The second-order valence-corrected chi connectivity index (χ2v) is 5.89. The average Bonchev–Trinajstić information content (AvgIpc) is 2.77. The van der Waals surface area contributed by atoms with Gasteiger partial charge < -0.3 is 20.2 Å². The molecule has 2 amide bonds. The second-order valence-electron chi connectivity index (χ2n) is 5.89. The lowest BCUT2D eigenvalue weighted by molar-refractivity contribution is -0.141. The van der Waals surface area contributed by atoms with Crippen LogP contribution in [0.4, 0.5) is 4.79 Å². The first-order valence-corrected chi connectivity index (χ1v) is 7.29. The van der Waals surface area contributed by atoms with Gasteiger partial charge in [-0.1, -0.05) is 0 Å². The Balaban J connectivity index is 2.50. The lowest BCUT2D eigenvalue weighted by atomic mass is 10.1. The molecule has 1 saturated carbocycles. The van der Waals surface area contributed by atoms with Gasteiger partial charge in [0.2, 0.25) is 0 Å². The van der Waals surface area contributed by atoms with Gasteiger partial charge in [0.15, 0.2) is 0 Å². The highest BCUT2D eigenvalue weighted by atomic mass is 16.4. The van der Waals surface area contributed by atoms with E-state index in [2.05, 4.69) is 10.2 Å². The Morgan fingerprint density at radius 1 is 1.35 bits per heavy atom. The predicted octanol–water partition coefficient (Wildman–Crippen LogP) is 1.22. The van der Waals surface area contributed by atoms with Crippen molar-refractivity contribution in [3.8, 4) is 0 Å². The molecule has 0 spiro atoms. The van der Waals surface area contributed by atoms with Crippen molar-refractivity contribution in [1.29, 1.82) is 0 Å². The van der Waals surface area contributed by atoms with Crippen LogP contribution in [-0.4, -0.2) is 66.2 Å². The summed E-state index contributed by atoms with van der Waals surface area (Å²) in [5, 5.41) is 12.0. The Hall–Kier alpha value is -1.30. The molecule has 1 aliphatic carbocycles. The first-order valence-electron chi connectivity index (χ1n) is 7.29. The van der Waals surface area contributed by atoms with Crippen LogP contribution >= 0.6 is 0 Å². The fourth-order valence-electron chi connectivity index (χ4n) is 2.88. The molecule has 1 unspecified atom stereocenters. The normalized spacial score (nSPS) is 23.6. The van der Waals surface area contributed by atoms with Crippen LogP contribution in [0, 0.1) is 5.92 Å². The quantitative estimate of drug-likeness (QED) is 0.769. The van der Waals surface area contributed by atoms with Crippen LogP contribution in [0.5, 0.6) is 0 Å². The van der Waals surface area contributed by atoms with Crippen molar-refractivity contribution >= 4 is 12.0 Å². The van der Waals surface area contributed by atoms with Crippen LogP contribution in [0.1, 0.15) is 33.1 Å². The molecule has 0 saturated heterocycles. The van der Waals surface area contributed by atoms with Crippen molar-refractivity contribution in [1.82, 2.24) is 15.1 Å². The van der Waals surface area contributed by atoms with Gasteiger partial charge in [0.1, 0.15) is 0 Å². The van der Waals surface area contributed by atoms with Crippen LogP contribution in [0.25, 0.3) is 0 Å². The van der Waals surface area contributed by atoms with E-state index in [9.17, 15) is 9.59 Å². The van der Waals surface area contributed by atoms with E-state index >= 15 is 0 Å². The van der Waals surface area contributed by atoms with Gasteiger partial charge in [0.05, 0.1) is 5.92 Å². The Bertz CT molecular complexity index is 347. The lowest BCUT2D eigenvalue weighted by Gasteiger charge is -2.31. The Morgan fingerprint density at radius 3 is 2.45 bits per heavy atom. The van der Waals surface area contributed by atoms with Crippen molar-refractivity contribution in [2.75, 3.05) is 27.2 Å². The molecular weight excluding hydrogens is 258 g/mol. The van der Waals surface area contributed by atoms with Crippen LogP contribution in [0.15, 0.2) is 0 Å². The van der Waals surface area contributed by atoms with E-state index in [0.29, 0.717) is 19.4 Å². The Kier molecular flexibility index (Phi) is 6.26. The zero-order valence-electron chi connectivity index (χ0n) is 12.9. The number of amides is 2. The summed E-state index contributed by atoms with van der Waals surface area (Å²) in [6.07, 6.45) is 1.95. The van der Waals surface area contributed by atoms with Crippen molar-refractivity contribution < 1.29 is 14.7 Å². The number of carbonyl (C=O) groups is 2. The molecule has 0 aromatic rings. The number of nitrogens with zero attached hydrogens (tertiary/aromatic N) is 2. The Labute approximate surface area is 121 Å².